The molecule has 0 spiro atoms. The summed E-state index contributed by atoms with van der Waals surface area (Å²) < 4.78 is 5.06. The lowest BCUT2D eigenvalue weighted by atomic mass is 10.2. The van der Waals surface area contributed by atoms with E-state index in [2.05, 4.69) is 24.0 Å². The van der Waals surface area contributed by atoms with Gasteiger partial charge in [0.2, 0.25) is 0 Å². The molecule has 3 heteroatoms. The average Bonchev–Trinajstić information content (AvgIpc) is 2.19. The van der Waals surface area contributed by atoms with Gasteiger partial charge in [-0.2, -0.15) is 0 Å². The van der Waals surface area contributed by atoms with Crippen LogP contribution < -0.4 is 10.1 Å². The lowest BCUT2D eigenvalue weighted by Crippen LogP contribution is -2.12. The number of rotatable bonds is 5. The molecule has 1 N–H and O–H groups in total. The zero-order valence-electron chi connectivity index (χ0n) is 8.32. The van der Waals surface area contributed by atoms with Crippen molar-refractivity contribution in [2.45, 2.75) is 6.54 Å². The van der Waals surface area contributed by atoms with Crippen LogP contribution in [0.25, 0.3) is 0 Å². The molecule has 0 saturated heterocycles. The standard InChI is InChI=1S/C11H15NO.ClH/c1-3-8-12-9-10-4-6-11(13-2)7-5-10;/h3-7,12H,1,8-9H2,2H3;1H. The minimum atomic E-state index is 0. The number of methoxy groups -OCH3 is 1. The topological polar surface area (TPSA) is 21.3 Å². The molecule has 2 nitrogen and oxygen atoms in total. The number of ether oxygens (including phenoxy) is 1. The highest BCUT2D eigenvalue weighted by Crippen LogP contribution is 2.10. The molecule has 0 aliphatic carbocycles. The summed E-state index contributed by atoms with van der Waals surface area (Å²) in [6.07, 6.45) is 1.85. The van der Waals surface area contributed by atoms with E-state index in [4.69, 9.17) is 4.74 Å². The van der Waals surface area contributed by atoms with E-state index >= 15 is 0 Å². The van der Waals surface area contributed by atoms with Crippen molar-refractivity contribution in [1.29, 1.82) is 0 Å². The molecular weight excluding hydrogens is 198 g/mol. The zero-order chi connectivity index (χ0) is 9.52. The highest BCUT2D eigenvalue weighted by molar-refractivity contribution is 5.85. The maximum atomic E-state index is 5.06. The first kappa shape index (κ1) is 13.0. The van der Waals surface area contributed by atoms with E-state index in [0.29, 0.717) is 0 Å². The Kier molecular flexibility index (Phi) is 6.89. The second-order valence-electron chi connectivity index (χ2n) is 2.77. The fraction of sp³-hybridized carbons (Fsp3) is 0.273. The number of halogens is 1. The molecule has 0 atom stereocenters. The first-order chi connectivity index (χ1) is 6.36. The van der Waals surface area contributed by atoms with E-state index in [1.54, 1.807) is 7.11 Å². The molecule has 1 aromatic carbocycles. The van der Waals surface area contributed by atoms with Gasteiger partial charge in [-0.15, -0.1) is 19.0 Å². The summed E-state index contributed by atoms with van der Waals surface area (Å²) in [4.78, 5) is 0. The molecule has 0 aliphatic heterocycles. The molecule has 0 unspecified atom stereocenters. The number of nitrogens with one attached hydrogen (secondary N) is 1. The van der Waals surface area contributed by atoms with E-state index in [9.17, 15) is 0 Å². The smallest absolute Gasteiger partial charge is 0.118 e. The van der Waals surface area contributed by atoms with Crippen LogP contribution in [-0.4, -0.2) is 13.7 Å². The summed E-state index contributed by atoms with van der Waals surface area (Å²) in [7, 11) is 1.67. The highest BCUT2D eigenvalue weighted by Gasteiger charge is 1.92. The van der Waals surface area contributed by atoms with Gasteiger partial charge in [-0.05, 0) is 17.7 Å². The van der Waals surface area contributed by atoms with Gasteiger partial charge in [0.25, 0.3) is 0 Å². The van der Waals surface area contributed by atoms with Crippen LogP contribution in [0.5, 0.6) is 5.75 Å². The molecular formula is C11H16ClNO. The lowest BCUT2D eigenvalue weighted by molar-refractivity contribution is 0.414. The van der Waals surface area contributed by atoms with Gasteiger partial charge >= 0.3 is 0 Å². The van der Waals surface area contributed by atoms with Gasteiger partial charge < -0.3 is 10.1 Å². The first-order valence-corrected chi connectivity index (χ1v) is 4.31. The van der Waals surface area contributed by atoms with Crippen LogP contribution in [-0.2, 0) is 6.54 Å². The largest absolute Gasteiger partial charge is 0.497 e. The van der Waals surface area contributed by atoms with Crippen LogP contribution in [0, 0.1) is 0 Å². The molecule has 0 saturated carbocycles. The number of hydrogen-bond donors (Lipinski definition) is 1. The van der Waals surface area contributed by atoms with Crippen LogP contribution in [0.2, 0.25) is 0 Å². The summed E-state index contributed by atoms with van der Waals surface area (Å²) in [5, 5.41) is 3.23. The Morgan fingerprint density at radius 3 is 2.50 bits per heavy atom. The zero-order valence-corrected chi connectivity index (χ0v) is 9.14. The van der Waals surface area contributed by atoms with Gasteiger partial charge in [0.15, 0.2) is 0 Å². The fourth-order valence-electron chi connectivity index (χ4n) is 1.06. The highest BCUT2D eigenvalue weighted by atomic mass is 35.5. The van der Waals surface area contributed by atoms with E-state index in [-0.39, 0.29) is 12.4 Å². The Balaban J connectivity index is 0.00000169. The van der Waals surface area contributed by atoms with Crippen molar-refractivity contribution in [2.24, 2.45) is 0 Å². The molecule has 0 fully saturated rings. The van der Waals surface area contributed by atoms with Gasteiger partial charge in [0.05, 0.1) is 7.11 Å². The molecule has 0 aromatic heterocycles. The Morgan fingerprint density at radius 1 is 1.36 bits per heavy atom. The van der Waals surface area contributed by atoms with Crippen LogP contribution in [0.15, 0.2) is 36.9 Å². The first-order valence-electron chi connectivity index (χ1n) is 4.31. The van der Waals surface area contributed by atoms with Crippen molar-refractivity contribution in [2.75, 3.05) is 13.7 Å². The SMILES string of the molecule is C=CCNCc1ccc(OC)cc1.Cl. The van der Waals surface area contributed by atoms with Gasteiger partial charge in [0, 0.05) is 13.1 Å². The third-order valence-corrected chi connectivity index (χ3v) is 1.78. The Bertz CT molecular complexity index is 258. The van der Waals surface area contributed by atoms with E-state index in [1.807, 2.05) is 18.2 Å². The maximum Gasteiger partial charge on any atom is 0.118 e. The monoisotopic (exact) mass is 213 g/mol. The molecule has 0 bridgehead atoms. The molecule has 1 rings (SSSR count). The summed E-state index contributed by atoms with van der Waals surface area (Å²) in [6, 6.07) is 8.03. The van der Waals surface area contributed by atoms with Crippen molar-refractivity contribution < 1.29 is 4.74 Å². The predicted octanol–water partition coefficient (Wildman–Crippen LogP) is 2.39. The minimum Gasteiger partial charge on any atom is -0.497 e. The summed E-state index contributed by atoms with van der Waals surface area (Å²) >= 11 is 0. The lowest BCUT2D eigenvalue weighted by Gasteiger charge is -2.03. The Hall–Kier alpha value is -0.990. The molecule has 14 heavy (non-hydrogen) atoms. The predicted molar refractivity (Wildman–Crippen MR) is 62.1 cm³/mol. The van der Waals surface area contributed by atoms with Gasteiger partial charge in [-0.1, -0.05) is 18.2 Å². The van der Waals surface area contributed by atoms with Gasteiger partial charge in [0.1, 0.15) is 5.75 Å². The van der Waals surface area contributed by atoms with Crippen molar-refractivity contribution in [3.63, 3.8) is 0 Å². The second kappa shape index (κ2) is 7.42. The summed E-state index contributed by atoms with van der Waals surface area (Å²) in [6.45, 7) is 5.35. The Morgan fingerprint density at radius 2 is 2.00 bits per heavy atom. The second-order valence-corrected chi connectivity index (χ2v) is 2.77. The summed E-state index contributed by atoms with van der Waals surface area (Å²) in [5.41, 5.74) is 1.25. The number of hydrogen-bond acceptors (Lipinski definition) is 2. The van der Waals surface area contributed by atoms with Crippen molar-refractivity contribution in [3.8, 4) is 5.75 Å². The van der Waals surface area contributed by atoms with E-state index < -0.39 is 0 Å². The minimum absolute atomic E-state index is 0. The molecule has 0 heterocycles. The van der Waals surface area contributed by atoms with Crippen molar-refractivity contribution in [1.82, 2.24) is 5.32 Å². The molecule has 0 radical (unpaired) electrons. The molecule has 0 amide bonds. The molecule has 0 aliphatic rings. The average molecular weight is 214 g/mol. The fourth-order valence-corrected chi connectivity index (χ4v) is 1.06. The third-order valence-electron chi connectivity index (χ3n) is 1.78. The molecule has 78 valence electrons. The maximum absolute atomic E-state index is 5.06. The van der Waals surface area contributed by atoms with Crippen LogP contribution >= 0.6 is 12.4 Å². The van der Waals surface area contributed by atoms with Crippen molar-refractivity contribution in [3.05, 3.63) is 42.5 Å². The quantitative estimate of drug-likeness (QED) is 0.599. The summed E-state index contributed by atoms with van der Waals surface area (Å²) in [5.74, 6) is 0.896. The number of benzene rings is 1. The Labute approximate surface area is 91.4 Å². The van der Waals surface area contributed by atoms with Crippen LogP contribution in [0.3, 0.4) is 0 Å². The van der Waals surface area contributed by atoms with Crippen molar-refractivity contribution >= 4 is 12.4 Å². The van der Waals surface area contributed by atoms with Crippen LogP contribution in [0.4, 0.5) is 0 Å². The third kappa shape index (κ3) is 4.30. The van der Waals surface area contributed by atoms with Gasteiger partial charge in [-0.25, -0.2) is 0 Å². The van der Waals surface area contributed by atoms with Crippen LogP contribution in [0.1, 0.15) is 5.56 Å². The van der Waals surface area contributed by atoms with Gasteiger partial charge in [-0.3, -0.25) is 0 Å². The normalized spacial score (nSPS) is 8.93. The van der Waals surface area contributed by atoms with E-state index in [0.717, 1.165) is 18.8 Å². The van der Waals surface area contributed by atoms with E-state index in [1.165, 1.54) is 5.56 Å². The molecule has 1 aromatic rings.